The second-order valence-electron chi connectivity index (χ2n) is 5.08. The molecule has 0 unspecified atom stereocenters. The van der Waals surface area contributed by atoms with Crippen LogP contribution in [0.4, 0.5) is 5.69 Å². The summed E-state index contributed by atoms with van der Waals surface area (Å²) in [6.07, 6.45) is 2.24. The van der Waals surface area contributed by atoms with E-state index in [-0.39, 0.29) is 5.56 Å². The number of nitriles is 1. The van der Waals surface area contributed by atoms with Gasteiger partial charge in [-0.2, -0.15) is 10.4 Å². The van der Waals surface area contributed by atoms with Crippen molar-refractivity contribution in [2.24, 2.45) is 5.41 Å². The molecule has 1 aromatic rings. The van der Waals surface area contributed by atoms with Crippen molar-refractivity contribution >= 4 is 5.69 Å². The molecule has 0 saturated heterocycles. The molecule has 19 heavy (non-hydrogen) atoms. The number of nitrogens with zero attached hydrogens (tertiary/aromatic N) is 3. The highest BCUT2D eigenvalue weighted by Crippen LogP contribution is 2.18. The molecule has 0 bridgehead atoms. The third-order valence-corrected chi connectivity index (χ3v) is 2.82. The number of hydrogen-bond donors (Lipinski definition) is 2. The van der Waals surface area contributed by atoms with Crippen LogP contribution in [-0.2, 0) is 6.54 Å². The van der Waals surface area contributed by atoms with Gasteiger partial charge in [0.1, 0.15) is 0 Å². The summed E-state index contributed by atoms with van der Waals surface area (Å²) in [5, 5.41) is 19.2. The molecule has 0 atom stereocenters. The minimum Gasteiger partial charge on any atom is -0.382 e. The van der Waals surface area contributed by atoms with Crippen molar-refractivity contribution in [3.8, 4) is 6.07 Å². The van der Waals surface area contributed by atoms with E-state index in [1.54, 1.807) is 6.20 Å². The summed E-state index contributed by atoms with van der Waals surface area (Å²) in [5.74, 6) is 0. The molecule has 0 aliphatic rings. The highest BCUT2D eigenvalue weighted by Gasteiger charge is 2.16. The molecular weight excluding hydrogens is 242 g/mol. The summed E-state index contributed by atoms with van der Waals surface area (Å²) in [4.78, 5) is 11.8. The van der Waals surface area contributed by atoms with Gasteiger partial charge in [0.25, 0.3) is 5.56 Å². The summed E-state index contributed by atoms with van der Waals surface area (Å²) in [6.45, 7) is 5.72. The molecule has 1 heterocycles. The number of anilines is 1. The van der Waals surface area contributed by atoms with Crippen molar-refractivity contribution in [1.29, 1.82) is 5.26 Å². The molecule has 2 N–H and O–H groups in total. The quantitative estimate of drug-likeness (QED) is 0.711. The van der Waals surface area contributed by atoms with Crippen molar-refractivity contribution in [2.75, 3.05) is 25.5 Å². The Hall–Kier alpha value is -1.87. The monoisotopic (exact) mass is 263 g/mol. The fraction of sp³-hybridized carbons (Fsp3) is 0.615. The Balaban J connectivity index is 2.63. The van der Waals surface area contributed by atoms with E-state index in [0.29, 0.717) is 13.0 Å². The van der Waals surface area contributed by atoms with Crippen LogP contribution in [-0.4, -0.2) is 29.9 Å². The van der Waals surface area contributed by atoms with Crippen LogP contribution < -0.4 is 16.2 Å². The molecule has 0 spiro atoms. The fourth-order valence-corrected chi connectivity index (χ4v) is 1.47. The summed E-state index contributed by atoms with van der Waals surface area (Å²) < 4.78 is 1.39. The van der Waals surface area contributed by atoms with Crippen LogP contribution in [0.3, 0.4) is 0 Å². The van der Waals surface area contributed by atoms with Gasteiger partial charge in [0.2, 0.25) is 0 Å². The largest absolute Gasteiger partial charge is 0.382 e. The number of aryl methyl sites for hydroxylation is 1. The van der Waals surface area contributed by atoms with Gasteiger partial charge in [0.15, 0.2) is 0 Å². The van der Waals surface area contributed by atoms with Crippen LogP contribution in [0.2, 0.25) is 0 Å². The number of hydrogen-bond acceptors (Lipinski definition) is 5. The second-order valence-corrected chi connectivity index (χ2v) is 5.08. The van der Waals surface area contributed by atoms with Gasteiger partial charge in [-0.1, -0.05) is 0 Å². The third kappa shape index (κ3) is 5.10. The van der Waals surface area contributed by atoms with Crippen molar-refractivity contribution < 1.29 is 0 Å². The van der Waals surface area contributed by atoms with Crippen molar-refractivity contribution in [3.63, 3.8) is 0 Å². The van der Waals surface area contributed by atoms with Gasteiger partial charge in [-0.3, -0.25) is 4.79 Å². The first kappa shape index (κ1) is 15.2. The van der Waals surface area contributed by atoms with Crippen LogP contribution in [0, 0.1) is 16.7 Å². The summed E-state index contributed by atoms with van der Waals surface area (Å²) in [6, 6.07) is 3.74. The Kier molecular flexibility index (Phi) is 5.52. The maximum absolute atomic E-state index is 11.8. The molecule has 0 amide bonds. The summed E-state index contributed by atoms with van der Waals surface area (Å²) >= 11 is 0. The van der Waals surface area contributed by atoms with Gasteiger partial charge in [-0.05, 0) is 27.3 Å². The number of aromatic nitrogens is 2. The second kappa shape index (κ2) is 6.90. The molecule has 0 aliphatic heterocycles. The Bertz CT molecular complexity index is 500. The van der Waals surface area contributed by atoms with Gasteiger partial charge in [-0.15, -0.1) is 0 Å². The van der Waals surface area contributed by atoms with E-state index >= 15 is 0 Å². The SMILES string of the molecule is CNCCNc1cnn(CCC(C)(C)C#N)c(=O)c1. The Labute approximate surface area is 113 Å². The highest BCUT2D eigenvalue weighted by molar-refractivity contribution is 5.38. The maximum atomic E-state index is 11.8. The number of likely N-dealkylation sites (N-methyl/N-ethyl adjacent to an activating group) is 1. The minimum absolute atomic E-state index is 0.150. The molecule has 0 radical (unpaired) electrons. The van der Waals surface area contributed by atoms with E-state index in [9.17, 15) is 4.79 Å². The van der Waals surface area contributed by atoms with Crippen LogP contribution in [0.25, 0.3) is 0 Å². The van der Waals surface area contributed by atoms with Crippen LogP contribution in [0.15, 0.2) is 17.1 Å². The van der Waals surface area contributed by atoms with Crippen LogP contribution in [0.1, 0.15) is 20.3 Å². The predicted octanol–water partition coefficient (Wildman–Crippen LogP) is 0.814. The zero-order valence-electron chi connectivity index (χ0n) is 11.7. The number of nitrogens with one attached hydrogen (secondary N) is 2. The average Bonchev–Trinajstić information content (AvgIpc) is 2.38. The first-order valence-corrected chi connectivity index (χ1v) is 6.35. The van der Waals surface area contributed by atoms with Crippen LogP contribution in [0.5, 0.6) is 0 Å². The molecule has 1 aromatic heterocycles. The zero-order chi connectivity index (χ0) is 14.3. The van der Waals surface area contributed by atoms with Crippen molar-refractivity contribution in [3.05, 3.63) is 22.6 Å². The molecule has 1 rings (SSSR count). The van der Waals surface area contributed by atoms with Gasteiger partial charge in [0.05, 0.1) is 23.4 Å². The van der Waals surface area contributed by atoms with E-state index in [1.165, 1.54) is 10.7 Å². The first-order valence-electron chi connectivity index (χ1n) is 6.35. The first-order chi connectivity index (χ1) is 8.98. The molecule has 6 heteroatoms. The van der Waals surface area contributed by atoms with Gasteiger partial charge in [0, 0.05) is 25.7 Å². The minimum atomic E-state index is -0.440. The maximum Gasteiger partial charge on any atom is 0.268 e. The Morgan fingerprint density at radius 1 is 1.47 bits per heavy atom. The van der Waals surface area contributed by atoms with Crippen LogP contribution >= 0.6 is 0 Å². The standard InChI is InChI=1S/C13H21N5O/c1-13(2,10-14)4-7-18-12(19)8-11(9-17-18)16-6-5-15-3/h8-9,15-16H,4-7H2,1-3H3. The molecule has 6 nitrogen and oxygen atoms in total. The lowest BCUT2D eigenvalue weighted by Gasteiger charge is -2.15. The lowest BCUT2D eigenvalue weighted by atomic mass is 9.92. The Morgan fingerprint density at radius 2 is 2.21 bits per heavy atom. The van der Waals surface area contributed by atoms with E-state index in [0.717, 1.165) is 18.8 Å². The van der Waals surface area contributed by atoms with E-state index in [2.05, 4.69) is 21.8 Å². The lowest BCUT2D eigenvalue weighted by Crippen LogP contribution is -2.26. The third-order valence-electron chi connectivity index (χ3n) is 2.82. The molecule has 104 valence electrons. The average molecular weight is 263 g/mol. The zero-order valence-corrected chi connectivity index (χ0v) is 11.7. The number of rotatable bonds is 7. The molecule has 0 saturated carbocycles. The van der Waals surface area contributed by atoms with E-state index in [4.69, 9.17) is 5.26 Å². The lowest BCUT2D eigenvalue weighted by molar-refractivity contribution is 0.391. The molecule has 0 fully saturated rings. The normalized spacial score (nSPS) is 11.1. The fourth-order valence-electron chi connectivity index (χ4n) is 1.47. The topological polar surface area (TPSA) is 82.7 Å². The van der Waals surface area contributed by atoms with Gasteiger partial charge < -0.3 is 10.6 Å². The van der Waals surface area contributed by atoms with Crippen molar-refractivity contribution in [2.45, 2.75) is 26.8 Å². The van der Waals surface area contributed by atoms with Gasteiger partial charge >= 0.3 is 0 Å². The van der Waals surface area contributed by atoms with E-state index in [1.807, 2.05) is 20.9 Å². The highest BCUT2D eigenvalue weighted by atomic mass is 16.1. The molecule has 0 aliphatic carbocycles. The van der Waals surface area contributed by atoms with Crippen molar-refractivity contribution in [1.82, 2.24) is 15.1 Å². The summed E-state index contributed by atoms with van der Waals surface area (Å²) in [5.41, 5.74) is 0.129. The smallest absolute Gasteiger partial charge is 0.268 e. The van der Waals surface area contributed by atoms with E-state index < -0.39 is 5.41 Å². The summed E-state index contributed by atoms with van der Waals surface area (Å²) in [7, 11) is 1.87. The Morgan fingerprint density at radius 3 is 2.79 bits per heavy atom. The molecule has 0 aromatic carbocycles. The predicted molar refractivity (Wildman–Crippen MR) is 74.9 cm³/mol. The van der Waals surface area contributed by atoms with Gasteiger partial charge in [-0.25, -0.2) is 4.68 Å². The molecular formula is C13H21N5O.